The van der Waals surface area contributed by atoms with Crippen molar-refractivity contribution >= 4 is 17.3 Å². The standard InChI is InChI=1S/C12H11N3O/c1-9(16)10-5-2-3-6-11(10)14-15-12-7-4-8-13-12/h2-8,13H,1H3. The summed E-state index contributed by atoms with van der Waals surface area (Å²) in [5.74, 6) is 0.652. The summed E-state index contributed by atoms with van der Waals surface area (Å²) in [5, 5.41) is 8.04. The summed E-state index contributed by atoms with van der Waals surface area (Å²) in [6.07, 6.45) is 1.77. The zero-order chi connectivity index (χ0) is 11.4. The molecule has 0 unspecified atom stereocenters. The van der Waals surface area contributed by atoms with Crippen molar-refractivity contribution < 1.29 is 4.79 Å². The van der Waals surface area contributed by atoms with Crippen LogP contribution in [0.25, 0.3) is 0 Å². The third kappa shape index (κ3) is 2.23. The molecule has 0 radical (unpaired) electrons. The maximum atomic E-state index is 11.3. The molecule has 0 aliphatic carbocycles. The number of carbonyl (C=O) groups is 1. The molecule has 0 aliphatic rings. The largest absolute Gasteiger partial charge is 0.345 e. The highest BCUT2D eigenvalue weighted by molar-refractivity contribution is 5.98. The van der Waals surface area contributed by atoms with Crippen LogP contribution in [-0.2, 0) is 0 Å². The highest BCUT2D eigenvalue weighted by atomic mass is 16.1. The van der Waals surface area contributed by atoms with Crippen LogP contribution in [0.15, 0.2) is 52.8 Å². The lowest BCUT2D eigenvalue weighted by Crippen LogP contribution is -1.90. The average molecular weight is 213 g/mol. The van der Waals surface area contributed by atoms with E-state index in [0.29, 0.717) is 17.1 Å². The number of ketones is 1. The Kier molecular flexibility index (Phi) is 2.91. The first-order chi connectivity index (χ1) is 7.77. The Morgan fingerprint density at radius 2 is 1.94 bits per heavy atom. The first kappa shape index (κ1) is 10.3. The SMILES string of the molecule is CC(=O)c1ccccc1N=Nc1ccc[nH]1. The number of nitrogens with zero attached hydrogens (tertiary/aromatic N) is 2. The lowest BCUT2D eigenvalue weighted by Gasteiger charge is -1.98. The van der Waals surface area contributed by atoms with Crippen LogP contribution in [0.3, 0.4) is 0 Å². The minimum Gasteiger partial charge on any atom is -0.345 e. The Balaban J connectivity index is 2.31. The summed E-state index contributed by atoms with van der Waals surface area (Å²) < 4.78 is 0. The zero-order valence-corrected chi connectivity index (χ0v) is 8.84. The van der Waals surface area contributed by atoms with Crippen molar-refractivity contribution in [2.75, 3.05) is 0 Å². The summed E-state index contributed by atoms with van der Waals surface area (Å²) in [6.45, 7) is 1.52. The quantitative estimate of drug-likeness (QED) is 0.614. The molecule has 80 valence electrons. The molecule has 0 bridgehead atoms. The van der Waals surface area contributed by atoms with Gasteiger partial charge in [0.25, 0.3) is 0 Å². The topological polar surface area (TPSA) is 57.6 Å². The second kappa shape index (κ2) is 4.53. The molecular weight excluding hydrogens is 202 g/mol. The van der Waals surface area contributed by atoms with Crippen LogP contribution < -0.4 is 0 Å². The number of azo groups is 1. The molecule has 4 heteroatoms. The molecule has 2 rings (SSSR count). The van der Waals surface area contributed by atoms with Gasteiger partial charge in [0.15, 0.2) is 11.6 Å². The molecular formula is C12H11N3O. The van der Waals surface area contributed by atoms with E-state index in [4.69, 9.17) is 0 Å². The lowest BCUT2D eigenvalue weighted by molar-refractivity contribution is 0.101. The highest BCUT2D eigenvalue weighted by Gasteiger charge is 2.04. The number of benzene rings is 1. The molecule has 0 saturated heterocycles. The van der Waals surface area contributed by atoms with E-state index in [2.05, 4.69) is 15.2 Å². The number of nitrogens with one attached hydrogen (secondary N) is 1. The van der Waals surface area contributed by atoms with Crippen molar-refractivity contribution in [3.05, 3.63) is 48.2 Å². The van der Waals surface area contributed by atoms with Crippen LogP contribution in [0.5, 0.6) is 0 Å². The van der Waals surface area contributed by atoms with Crippen LogP contribution in [-0.4, -0.2) is 10.8 Å². The second-order valence-corrected chi connectivity index (χ2v) is 3.33. The summed E-state index contributed by atoms with van der Waals surface area (Å²) in [4.78, 5) is 14.2. The fourth-order valence-corrected chi connectivity index (χ4v) is 1.35. The van der Waals surface area contributed by atoms with Gasteiger partial charge >= 0.3 is 0 Å². The number of hydrogen-bond donors (Lipinski definition) is 1. The number of aromatic amines is 1. The van der Waals surface area contributed by atoms with Gasteiger partial charge in [-0.1, -0.05) is 12.1 Å². The molecule has 1 aromatic carbocycles. The Morgan fingerprint density at radius 1 is 1.12 bits per heavy atom. The van der Waals surface area contributed by atoms with Gasteiger partial charge in [0, 0.05) is 11.8 Å². The van der Waals surface area contributed by atoms with E-state index >= 15 is 0 Å². The maximum absolute atomic E-state index is 11.3. The van der Waals surface area contributed by atoms with E-state index in [0.717, 1.165) is 0 Å². The lowest BCUT2D eigenvalue weighted by atomic mass is 10.1. The van der Waals surface area contributed by atoms with Crippen LogP contribution in [0.4, 0.5) is 11.5 Å². The van der Waals surface area contributed by atoms with E-state index in [9.17, 15) is 4.79 Å². The van der Waals surface area contributed by atoms with Crippen molar-refractivity contribution in [3.8, 4) is 0 Å². The first-order valence-corrected chi connectivity index (χ1v) is 4.92. The van der Waals surface area contributed by atoms with Gasteiger partial charge in [-0.3, -0.25) is 4.79 Å². The Hall–Kier alpha value is -2.23. The van der Waals surface area contributed by atoms with Crippen molar-refractivity contribution in [1.29, 1.82) is 0 Å². The molecule has 1 aromatic heterocycles. The number of H-pyrrole nitrogens is 1. The van der Waals surface area contributed by atoms with E-state index in [1.807, 2.05) is 18.2 Å². The number of carbonyl (C=O) groups excluding carboxylic acids is 1. The zero-order valence-electron chi connectivity index (χ0n) is 8.84. The number of aromatic nitrogens is 1. The third-order valence-electron chi connectivity index (χ3n) is 2.13. The maximum Gasteiger partial charge on any atom is 0.162 e. The number of hydrogen-bond acceptors (Lipinski definition) is 3. The molecule has 0 amide bonds. The Bertz CT molecular complexity index is 515. The molecule has 0 aliphatic heterocycles. The van der Waals surface area contributed by atoms with E-state index < -0.39 is 0 Å². The molecule has 0 spiro atoms. The van der Waals surface area contributed by atoms with Crippen LogP contribution in [0.2, 0.25) is 0 Å². The summed E-state index contributed by atoms with van der Waals surface area (Å²) in [7, 11) is 0. The number of rotatable bonds is 3. The van der Waals surface area contributed by atoms with Crippen molar-refractivity contribution in [2.24, 2.45) is 10.2 Å². The predicted octanol–water partition coefficient (Wildman–Crippen LogP) is 3.63. The summed E-state index contributed by atoms with van der Waals surface area (Å²) in [6, 6.07) is 10.8. The van der Waals surface area contributed by atoms with E-state index in [-0.39, 0.29) is 5.78 Å². The molecule has 16 heavy (non-hydrogen) atoms. The molecule has 2 aromatic rings. The molecule has 1 heterocycles. The minimum absolute atomic E-state index is 0.0129. The average Bonchev–Trinajstić information content (AvgIpc) is 2.79. The minimum atomic E-state index is -0.0129. The highest BCUT2D eigenvalue weighted by Crippen LogP contribution is 2.21. The first-order valence-electron chi connectivity index (χ1n) is 4.92. The second-order valence-electron chi connectivity index (χ2n) is 3.33. The predicted molar refractivity (Wildman–Crippen MR) is 61.4 cm³/mol. The van der Waals surface area contributed by atoms with Crippen molar-refractivity contribution in [1.82, 2.24) is 4.98 Å². The van der Waals surface area contributed by atoms with Gasteiger partial charge in [-0.2, -0.15) is 0 Å². The van der Waals surface area contributed by atoms with Gasteiger partial charge in [-0.25, -0.2) is 0 Å². The van der Waals surface area contributed by atoms with Gasteiger partial charge in [0.05, 0.1) is 5.69 Å². The normalized spacial score (nSPS) is 10.8. The molecule has 0 atom stereocenters. The van der Waals surface area contributed by atoms with Gasteiger partial charge in [0.2, 0.25) is 0 Å². The summed E-state index contributed by atoms with van der Waals surface area (Å²) >= 11 is 0. The number of Topliss-reactive ketones (excluding diaryl/α,β-unsaturated/α-hetero) is 1. The molecule has 0 fully saturated rings. The smallest absolute Gasteiger partial charge is 0.162 e. The van der Waals surface area contributed by atoms with Gasteiger partial charge in [-0.15, -0.1) is 10.2 Å². The molecule has 0 saturated carbocycles. The molecule has 1 N–H and O–H groups in total. The fraction of sp³-hybridized carbons (Fsp3) is 0.0833. The summed E-state index contributed by atoms with van der Waals surface area (Å²) in [5.41, 5.74) is 1.17. The fourth-order valence-electron chi connectivity index (χ4n) is 1.35. The van der Waals surface area contributed by atoms with E-state index in [1.165, 1.54) is 6.92 Å². The van der Waals surface area contributed by atoms with Crippen molar-refractivity contribution in [2.45, 2.75) is 6.92 Å². The third-order valence-corrected chi connectivity index (χ3v) is 2.13. The molecule has 4 nitrogen and oxygen atoms in total. The van der Waals surface area contributed by atoms with Gasteiger partial charge in [0.1, 0.15) is 0 Å². The van der Waals surface area contributed by atoms with Crippen LogP contribution in [0.1, 0.15) is 17.3 Å². The van der Waals surface area contributed by atoms with Crippen LogP contribution in [0, 0.1) is 0 Å². The van der Waals surface area contributed by atoms with Crippen molar-refractivity contribution in [3.63, 3.8) is 0 Å². The Morgan fingerprint density at radius 3 is 2.62 bits per heavy atom. The van der Waals surface area contributed by atoms with Gasteiger partial charge in [-0.05, 0) is 31.2 Å². The van der Waals surface area contributed by atoms with Gasteiger partial charge < -0.3 is 4.98 Å². The Labute approximate surface area is 93.0 Å². The monoisotopic (exact) mass is 213 g/mol. The van der Waals surface area contributed by atoms with Crippen LogP contribution >= 0.6 is 0 Å². The van der Waals surface area contributed by atoms with E-state index in [1.54, 1.807) is 24.4 Å².